The summed E-state index contributed by atoms with van der Waals surface area (Å²) in [4.78, 5) is 52.4. The number of benzene rings is 7. The lowest BCUT2D eigenvalue weighted by Crippen LogP contribution is -2.34. The normalized spacial score (nSPS) is 17.0. The summed E-state index contributed by atoms with van der Waals surface area (Å²) in [7, 11) is 0. The van der Waals surface area contributed by atoms with Crippen LogP contribution in [0.1, 0.15) is 142 Å². The molecule has 420 valence electrons. The Balaban J connectivity index is 1.09. The van der Waals surface area contributed by atoms with Gasteiger partial charge in [0.15, 0.2) is 0 Å². The van der Waals surface area contributed by atoms with E-state index in [1.54, 1.807) is 32.9 Å². The molecule has 7 aromatic carbocycles. The first-order valence-corrected chi connectivity index (χ1v) is 29.2. The second-order valence-corrected chi connectivity index (χ2v) is 21.5. The molecule has 0 fully saturated rings. The zero-order chi connectivity index (χ0) is 55.4. The minimum atomic E-state index is -0.338. The summed E-state index contributed by atoms with van der Waals surface area (Å²) in [6.45, 7) is 5.04. The molecule has 0 aliphatic carbocycles. The number of nitrogens with zero attached hydrogens (tertiary/aromatic N) is 3. The van der Waals surface area contributed by atoms with Crippen molar-refractivity contribution >= 4 is 17.7 Å². The van der Waals surface area contributed by atoms with E-state index < -0.39 is 0 Å². The molecule has 0 saturated carbocycles. The number of rotatable bonds is 0. The number of carbonyl (C=O) groups excluding carboxylic acids is 3. The Labute approximate surface area is 477 Å². The molecule has 7 aromatic rings. The van der Waals surface area contributed by atoms with Gasteiger partial charge in [0.1, 0.15) is 34.5 Å². The van der Waals surface area contributed by atoms with Crippen LogP contribution < -0.4 is 28.4 Å². The van der Waals surface area contributed by atoms with Crippen LogP contribution in [-0.4, -0.2) is 72.1 Å². The number of hydrogen-bond donors (Lipinski definition) is 0. The van der Waals surface area contributed by atoms with Crippen LogP contribution >= 0.6 is 0 Å². The SMILES string of the molecule is O=C1c2cc3cc(c2)C(=O)N2Cc4ccc(cc4)OCCCCCCOc4ccc(cc4)CN1Cc1ccc(cc1)OCCCCCCOc1ccc(cc1)CN(Cc1ccc(cc1)OCCCCCCOc1ccc(cc1)C2)C3=O. The van der Waals surface area contributed by atoms with Crippen molar-refractivity contribution < 1.29 is 42.8 Å². The van der Waals surface area contributed by atoms with Crippen LogP contribution in [0.2, 0.25) is 0 Å². The van der Waals surface area contributed by atoms with Crippen LogP contribution in [0.3, 0.4) is 0 Å². The van der Waals surface area contributed by atoms with Gasteiger partial charge >= 0.3 is 0 Å². The van der Waals surface area contributed by atoms with Gasteiger partial charge in [-0.1, -0.05) is 72.8 Å². The molecule has 19 rings (SSSR count). The number of amides is 3. The molecule has 12 aliphatic rings. The van der Waals surface area contributed by atoms with Crippen molar-refractivity contribution in [2.24, 2.45) is 0 Å². The summed E-state index contributed by atoms with van der Waals surface area (Å²) in [5, 5.41) is 0. The van der Waals surface area contributed by atoms with Crippen molar-refractivity contribution in [1.82, 2.24) is 14.7 Å². The molecule has 0 spiro atoms. The molecule has 12 heterocycles. The molecular formula is C69H75N3O9. The zero-order valence-electron chi connectivity index (χ0n) is 46.6. The molecule has 0 atom stereocenters. The molecular weight excluding hydrogens is 1010 g/mol. The van der Waals surface area contributed by atoms with Crippen molar-refractivity contribution in [1.29, 1.82) is 0 Å². The van der Waals surface area contributed by atoms with Gasteiger partial charge in [0.2, 0.25) is 0 Å². The standard InChI is InChI=1S/C69H75N3O9/c73-67-58-43-59-45-60(44-58)69(75)72-50-56-21-33-65(34-22-56)80-41-11-4-3-9-39-78-63-29-17-54(18-30-63)48-70(67)46-52-13-25-61(26-14-52)76-37-7-1-2-8-38-77-62-27-15-53(16-28-62)47-71(68(59)74)49-55-19-31-64(32-20-55)79-40-10-5-6-12-42-81-66-35-23-57(51-72)24-36-66/h13-36,43-45H,1-12,37-42,46-51H2. The van der Waals surface area contributed by atoms with E-state index in [0.717, 1.165) is 145 Å². The van der Waals surface area contributed by atoms with E-state index in [1.165, 1.54) is 0 Å². The fraction of sp³-hybridized carbons (Fsp3) is 0.348. The van der Waals surface area contributed by atoms with E-state index in [2.05, 4.69) is 0 Å². The first kappa shape index (κ1) is 56.0. The lowest BCUT2D eigenvalue weighted by atomic mass is 10.0. The highest BCUT2D eigenvalue weighted by atomic mass is 16.5. The minimum absolute atomic E-state index is 0.211. The van der Waals surface area contributed by atoms with Gasteiger partial charge in [0.05, 0.1) is 39.6 Å². The fourth-order valence-electron chi connectivity index (χ4n) is 10.4. The lowest BCUT2D eigenvalue weighted by molar-refractivity contribution is 0.0725. The third-order valence-corrected chi connectivity index (χ3v) is 15.0. The van der Waals surface area contributed by atoms with Crippen LogP contribution in [0.4, 0.5) is 0 Å². The Kier molecular flexibility index (Phi) is 19.9. The maximum atomic E-state index is 15.7. The molecule has 0 N–H and O–H groups in total. The van der Waals surface area contributed by atoms with Crippen molar-refractivity contribution in [2.75, 3.05) is 39.6 Å². The summed E-state index contributed by atoms with van der Waals surface area (Å²) in [5.74, 6) is 3.54. The highest BCUT2D eigenvalue weighted by molar-refractivity contribution is 6.04. The van der Waals surface area contributed by atoms with E-state index in [-0.39, 0.29) is 73.7 Å². The van der Waals surface area contributed by atoms with Crippen molar-refractivity contribution in [3.8, 4) is 34.5 Å². The first-order valence-electron chi connectivity index (χ1n) is 29.2. The number of ether oxygens (including phenoxy) is 6. The summed E-state index contributed by atoms with van der Waals surface area (Å²) >= 11 is 0. The van der Waals surface area contributed by atoms with Crippen LogP contribution in [0.15, 0.2) is 164 Å². The second-order valence-electron chi connectivity index (χ2n) is 21.5. The predicted octanol–water partition coefficient (Wildman–Crippen LogP) is 14.2. The Hall–Kier alpha value is -8.25. The molecule has 0 unspecified atom stereocenters. The summed E-state index contributed by atoms with van der Waals surface area (Å²) in [6.07, 6.45) is 11.6. The summed E-state index contributed by atoms with van der Waals surface area (Å²) in [6, 6.07) is 52.4. The fourth-order valence-corrected chi connectivity index (χ4v) is 10.4. The highest BCUT2D eigenvalue weighted by Crippen LogP contribution is 2.27. The van der Waals surface area contributed by atoms with Gasteiger partial charge in [-0.25, -0.2) is 0 Å². The van der Waals surface area contributed by atoms with E-state index in [1.807, 2.05) is 146 Å². The zero-order valence-corrected chi connectivity index (χ0v) is 46.6. The van der Waals surface area contributed by atoms with Crippen molar-refractivity contribution in [3.63, 3.8) is 0 Å². The molecule has 18 bridgehead atoms. The maximum absolute atomic E-state index is 15.7. The second kappa shape index (κ2) is 28.8. The molecule has 0 aromatic heterocycles. The van der Waals surface area contributed by atoms with Crippen molar-refractivity contribution in [3.05, 3.63) is 214 Å². The van der Waals surface area contributed by atoms with Gasteiger partial charge in [0.25, 0.3) is 17.7 Å². The van der Waals surface area contributed by atoms with Gasteiger partial charge < -0.3 is 43.1 Å². The van der Waals surface area contributed by atoms with Gasteiger partial charge in [-0.3, -0.25) is 14.4 Å². The van der Waals surface area contributed by atoms with Gasteiger partial charge in [-0.15, -0.1) is 0 Å². The predicted molar refractivity (Wildman–Crippen MR) is 314 cm³/mol. The van der Waals surface area contributed by atoms with E-state index in [9.17, 15) is 0 Å². The van der Waals surface area contributed by atoms with Crippen LogP contribution in [-0.2, 0) is 39.3 Å². The average Bonchev–Trinajstić information content (AvgIpc) is 3.55. The van der Waals surface area contributed by atoms with Crippen molar-refractivity contribution in [2.45, 2.75) is 116 Å². The maximum Gasteiger partial charge on any atom is 0.254 e. The Morgan fingerprint density at radius 1 is 0.222 bits per heavy atom. The quantitative estimate of drug-likeness (QED) is 0.146. The molecule has 0 radical (unpaired) electrons. The monoisotopic (exact) mass is 1090 g/mol. The van der Waals surface area contributed by atoms with E-state index >= 15 is 14.4 Å². The van der Waals surface area contributed by atoms with E-state index in [4.69, 9.17) is 28.4 Å². The Morgan fingerprint density at radius 2 is 0.383 bits per heavy atom. The average molecular weight is 1090 g/mol. The summed E-state index contributed by atoms with van der Waals surface area (Å²) < 4.78 is 37.1. The topological polar surface area (TPSA) is 116 Å². The largest absolute Gasteiger partial charge is 0.494 e. The molecule has 12 aliphatic heterocycles. The molecule has 12 heteroatoms. The number of hydrogen-bond acceptors (Lipinski definition) is 9. The minimum Gasteiger partial charge on any atom is -0.494 e. The third kappa shape index (κ3) is 16.7. The van der Waals surface area contributed by atoms with Gasteiger partial charge in [-0.05, 0) is 201 Å². The van der Waals surface area contributed by atoms with Crippen LogP contribution in [0, 0.1) is 0 Å². The molecule has 0 saturated heterocycles. The van der Waals surface area contributed by atoms with Crippen LogP contribution in [0.25, 0.3) is 0 Å². The third-order valence-electron chi connectivity index (χ3n) is 15.0. The smallest absolute Gasteiger partial charge is 0.254 e. The Morgan fingerprint density at radius 3 is 0.543 bits per heavy atom. The highest BCUT2D eigenvalue weighted by Gasteiger charge is 2.27. The molecule has 12 nitrogen and oxygen atoms in total. The van der Waals surface area contributed by atoms with Crippen LogP contribution in [0.5, 0.6) is 34.5 Å². The van der Waals surface area contributed by atoms with Gasteiger partial charge in [-0.2, -0.15) is 0 Å². The molecule has 3 amide bonds. The lowest BCUT2D eigenvalue weighted by Gasteiger charge is -2.27. The summed E-state index contributed by atoms with van der Waals surface area (Å²) in [5.41, 5.74) is 6.02. The Bertz CT molecular complexity index is 2600. The number of carbonyl (C=O) groups is 3. The molecule has 81 heavy (non-hydrogen) atoms. The first-order chi connectivity index (χ1) is 39.8. The van der Waals surface area contributed by atoms with Gasteiger partial charge in [0, 0.05) is 56.0 Å². The van der Waals surface area contributed by atoms with E-state index in [0.29, 0.717) is 39.6 Å².